The fourth-order valence-electron chi connectivity index (χ4n) is 1.22. The topological polar surface area (TPSA) is 47.6 Å². The molecule has 0 saturated heterocycles. The molecular weight excluding hydrogens is 206 g/mol. The van der Waals surface area contributed by atoms with Crippen molar-refractivity contribution in [2.45, 2.75) is 13.8 Å². The molecule has 4 nitrogen and oxygen atoms in total. The number of amides is 1. The van der Waals surface area contributed by atoms with Crippen LogP contribution in [0.2, 0.25) is 0 Å². The van der Waals surface area contributed by atoms with Gasteiger partial charge >= 0.3 is 0 Å². The van der Waals surface area contributed by atoms with Crippen LogP contribution >= 0.6 is 0 Å². The highest BCUT2D eigenvalue weighted by Gasteiger charge is 2.02. The number of rotatable bonds is 6. The Hall–Kier alpha value is -1.55. The van der Waals surface area contributed by atoms with Gasteiger partial charge in [0, 0.05) is 18.4 Å². The third-order valence-electron chi connectivity index (χ3n) is 1.87. The van der Waals surface area contributed by atoms with Crippen LogP contribution in [0.25, 0.3) is 0 Å². The Labute approximate surface area is 95.6 Å². The quantitative estimate of drug-likeness (QED) is 0.803. The molecule has 4 heteroatoms. The second kappa shape index (κ2) is 6.85. The van der Waals surface area contributed by atoms with Crippen LogP contribution in [-0.2, 0) is 9.53 Å². The lowest BCUT2D eigenvalue weighted by atomic mass is 10.3. The molecule has 0 fully saturated rings. The smallest absolute Gasteiger partial charge is 0.250 e. The van der Waals surface area contributed by atoms with Gasteiger partial charge in [0.25, 0.3) is 0 Å². The van der Waals surface area contributed by atoms with Gasteiger partial charge in [0.2, 0.25) is 5.91 Å². The van der Waals surface area contributed by atoms with Gasteiger partial charge in [-0.3, -0.25) is 4.79 Å². The van der Waals surface area contributed by atoms with Gasteiger partial charge in [0.05, 0.1) is 6.61 Å². The third kappa shape index (κ3) is 4.31. The van der Waals surface area contributed by atoms with Crippen molar-refractivity contribution in [2.75, 3.05) is 25.1 Å². The molecule has 0 aliphatic heterocycles. The van der Waals surface area contributed by atoms with Crippen LogP contribution in [-0.4, -0.2) is 25.7 Å². The lowest BCUT2D eigenvalue weighted by molar-refractivity contribution is -0.120. The van der Waals surface area contributed by atoms with Crippen LogP contribution < -0.4 is 10.1 Å². The fraction of sp³-hybridized carbons (Fsp3) is 0.417. The summed E-state index contributed by atoms with van der Waals surface area (Å²) in [5.41, 5.74) is 0.718. The van der Waals surface area contributed by atoms with Gasteiger partial charge in [0.15, 0.2) is 0 Å². The summed E-state index contributed by atoms with van der Waals surface area (Å²) in [4.78, 5) is 11.4. The molecule has 1 rings (SSSR count). The zero-order valence-corrected chi connectivity index (χ0v) is 9.66. The van der Waals surface area contributed by atoms with Crippen LogP contribution in [0.15, 0.2) is 24.3 Å². The van der Waals surface area contributed by atoms with Crippen molar-refractivity contribution in [3.05, 3.63) is 24.3 Å². The maximum Gasteiger partial charge on any atom is 0.250 e. The summed E-state index contributed by atoms with van der Waals surface area (Å²) in [6.45, 7) is 4.99. The first kappa shape index (κ1) is 12.5. The predicted molar refractivity (Wildman–Crippen MR) is 62.7 cm³/mol. The third-order valence-corrected chi connectivity index (χ3v) is 1.87. The second-order valence-corrected chi connectivity index (χ2v) is 3.15. The highest BCUT2D eigenvalue weighted by molar-refractivity contribution is 5.91. The molecule has 0 heterocycles. The molecule has 0 saturated carbocycles. The van der Waals surface area contributed by atoms with E-state index >= 15 is 0 Å². The average Bonchev–Trinajstić information content (AvgIpc) is 2.27. The lowest BCUT2D eigenvalue weighted by Gasteiger charge is -2.07. The molecule has 0 atom stereocenters. The van der Waals surface area contributed by atoms with Crippen molar-refractivity contribution in [3.63, 3.8) is 0 Å². The summed E-state index contributed by atoms with van der Waals surface area (Å²) < 4.78 is 10.3. The molecule has 0 bridgehead atoms. The molecule has 0 unspecified atom stereocenters. The number of ether oxygens (including phenoxy) is 2. The molecule has 1 aromatic rings. The number of anilines is 1. The zero-order chi connectivity index (χ0) is 11.8. The van der Waals surface area contributed by atoms with E-state index in [1.165, 1.54) is 0 Å². The van der Waals surface area contributed by atoms with E-state index in [0.29, 0.717) is 13.2 Å². The van der Waals surface area contributed by atoms with Crippen molar-refractivity contribution in [2.24, 2.45) is 0 Å². The second-order valence-electron chi connectivity index (χ2n) is 3.15. The Balaban J connectivity index is 2.52. The van der Waals surface area contributed by atoms with Crippen molar-refractivity contribution in [1.29, 1.82) is 0 Å². The Morgan fingerprint density at radius 3 is 2.81 bits per heavy atom. The van der Waals surface area contributed by atoms with Gasteiger partial charge in [-0.25, -0.2) is 0 Å². The largest absolute Gasteiger partial charge is 0.494 e. The molecule has 16 heavy (non-hydrogen) atoms. The summed E-state index contributed by atoms with van der Waals surface area (Å²) in [6, 6.07) is 7.28. The molecule has 0 aliphatic rings. The van der Waals surface area contributed by atoms with E-state index < -0.39 is 0 Å². The minimum Gasteiger partial charge on any atom is -0.494 e. The average molecular weight is 223 g/mol. The first-order valence-corrected chi connectivity index (χ1v) is 5.36. The zero-order valence-electron chi connectivity index (χ0n) is 9.66. The predicted octanol–water partition coefficient (Wildman–Crippen LogP) is 2.06. The minimum atomic E-state index is -0.157. The van der Waals surface area contributed by atoms with E-state index in [9.17, 15) is 4.79 Å². The SMILES string of the molecule is CCOCC(=O)Nc1cccc(OCC)c1. The summed E-state index contributed by atoms with van der Waals surface area (Å²) in [7, 11) is 0. The molecule has 88 valence electrons. The minimum absolute atomic E-state index is 0.0787. The van der Waals surface area contributed by atoms with Crippen molar-refractivity contribution in [3.8, 4) is 5.75 Å². The number of benzene rings is 1. The standard InChI is InChI=1S/C12H17NO3/c1-3-15-9-12(14)13-10-6-5-7-11(8-10)16-4-2/h5-8H,3-4,9H2,1-2H3,(H,13,14). The first-order valence-electron chi connectivity index (χ1n) is 5.36. The molecule has 0 spiro atoms. The summed E-state index contributed by atoms with van der Waals surface area (Å²) in [6.07, 6.45) is 0. The maximum absolute atomic E-state index is 11.4. The molecule has 1 amide bonds. The monoisotopic (exact) mass is 223 g/mol. The Morgan fingerprint density at radius 2 is 2.12 bits per heavy atom. The van der Waals surface area contributed by atoms with E-state index in [1.807, 2.05) is 32.0 Å². The molecule has 0 aliphatic carbocycles. The van der Waals surface area contributed by atoms with Crippen molar-refractivity contribution in [1.82, 2.24) is 0 Å². The Bertz CT molecular complexity index is 339. The highest BCUT2D eigenvalue weighted by Crippen LogP contribution is 2.16. The van der Waals surface area contributed by atoms with E-state index in [-0.39, 0.29) is 12.5 Å². The summed E-state index contributed by atoms with van der Waals surface area (Å²) >= 11 is 0. The first-order chi connectivity index (χ1) is 7.76. The van der Waals surface area contributed by atoms with E-state index in [1.54, 1.807) is 6.07 Å². The van der Waals surface area contributed by atoms with Gasteiger partial charge in [-0.05, 0) is 26.0 Å². The molecule has 1 aromatic carbocycles. The highest BCUT2D eigenvalue weighted by atomic mass is 16.5. The van der Waals surface area contributed by atoms with Gasteiger partial charge in [-0.2, -0.15) is 0 Å². The summed E-state index contributed by atoms with van der Waals surface area (Å²) in [5.74, 6) is 0.590. The van der Waals surface area contributed by atoms with Crippen LogP contribution in [0.4, 0.5) is 5.69 Å². The van der Waals surface area contributed by atoms with Gasteiger partial charge < -0.3 is 14.8 Å². The van der Waals surface area contributed by atoms with Crippen LogP contribution in [0, 0.1) is 0 Å². The number of nitrogens with one attached hydrogen (secondary N) is 1. The van der Waals surface area contributed by atoms with Crippen LogP contribution in [0.1, 0.15) is 13.8 Å². The Morgan fingerprint density at radius 1 is 1.31 bits per heavy atom. The summed E-state index contributed by atoms with van der Waals surface area (Å²) in [5, 5.41) is 2.73. The normalized spacial score (nSPS) is 9.88. The molecule has 0 radical (unpaired) electrons. The molecule has 1 N–H and O–H groups in total. The molecular formula is C12H17NO3. The number of carbonyl (C=O) groups excluding carboxylic acids is 1. The van der Waals surface area contributed by atoms with E-state index in [0.717, 1.165) is 11.4 Å². The van der Waals surface area contributed by atoms with Gasteiger partial charge in [0.1, 0.15) is 12.4 Å². The van der Waals surface area contributed by atoms with Crippen LogP contribution in [0.5, 0.6) is 5.75 Å². The van der Waals surface area contributed by atoms with Gasteiger partial charge in [-0.1, -0.05) is 6.07 Å². The van der Waals surface area contributed by atoms with E-state index in [4.69, 9.17) is 9.47 Å². The fourth-order valence-corrected chi connectivity index (χ4v) is 1.22. The number of hydrogen-bond acceptors (Lipinski definition) is 3. The van der Waals surface area contributed by atoms with Crippen molar-refractivity contribution >= 4 is 11.6 Å². The number of hydrogen-bond donors (Lipinski definition) is 1. The molecule has 0 aromatic heterocycles. The van der Waals surface area contributed by atoms with Crippen molar-refractivity contribution < 1.29 is 14.3 Å². The van der Waals surface area contributed by atoms with E-state index in [2.05, 4.69) is 5.32 Å². The van der Waals surface area contributed by atoms with Crippen LogP contribution in [0.3, 0.4) is 0 Å². The number of carbonyl (C=O) groups is 1. The Kier molecular flexibility index (Phi) is 5.36. The van der Waals surface area contributed by atoms with Gasteiger partial charge in [-0.15, -0.1) is 0 Å². The maximum atomic E-state index is 11.4. The lowest BCUT2D eigenvalue weighted by Crippen LogP contribution is -2.18.